The zero-order valence-corrected chi connectivity index (χ0v) is 15.2. The van der Waals surface area contributed by atoms with Gasteiger partial charge in [0, 0.05) is 17.0 Å². The predicted octanol–water partition coefficient (Wildman–Crippen LogP) is 4.64. The van der Waals surface area contributed by atoms with Crippen LogP contribution in [0.3, 0.4) is 0 Å². The van der Waals surface area contributed by atoms with E-state index in [2.05, 4.69) is 10.2 Å². The smallest absolute Gasteiger partial charge is 0.267 e. The summed E-state index contributed by atoms with van der Waals surface area (Å²) in [5.74, 6) is 0.864. The van der Waals surface area contributed by atoms with E-state index in [9.17, 15) is 4.79 Å². The van der Waals surface area contributed by atoms with Crippen LogP contribution in [0.15, 0.2) is 47.3 Å². The number of halogens is 2. The Kier molecular flexibility index (Phi) is 5.27. The van der Waals surface area contributed by atoms with E-state index in [1.807, 2.05) is 12.1 Å². The van der Waals surface area contributed by atoms with Gasteiger partial charge >= 0.3 is 0 Å². The van der Waals surface area contributed by atoms with Gasteiger partial charge < -0.3 is 4.74 Å². The van der Waals surface area contributed by atoms with Crippen molar-refractivity contribution in [2.45, 2.75) is 13.3 Å². The molecule has 0 aliphatic rings. The SMILES string of the molecule is Cc1cc(Cc2ccc(Cl)c(Oc3cc(Cl)cc(C#N)c3)c2)n[nH]c1=O. The molecule has 26 heavy (non-hydrogen) atoms. The minimum absolute atomic E-state index is 0.205. The maximum absolute atomic E-state index is 11.4. The van der Waals surface area contributed by atoms with E-state index >= 15 is 0 Å². The lowest BCUT2D eigenvalue weighted by atomic mass is 10.1. The highest BCUT2D eigenvalue weighted by Crippen LogP contribution is 2.32. The number of nitriles is 1. The molecule has 0 radical (unpaired) electrons. The normalized spacial score (nSPS) is 10.4. The van der Waals surface area contributed by atoms with E-state index in [4.69, 9.17) is 33.2 Å². The molecule has 1 heterocycles. The van der Waals surface area contributed by atoms with Crippen molar-refractivity contribution in [2.75, 3.05) is 0 Å². The summed E-state index contributed by atoms with van der Waals surface area (Å²) in [6.07, 6.45) is 0.504. The lowest BCUT2D eigenvalue weighted by Crippen LogP contribution is -2.12. The van der Waals surface area contributed by atoms with Gasteiger partial charge in [-0.25, -0.2) is 5.10 Å². The van der Waals surface area contributed by atoms with Crippen LogP contribution in [0.2, 0.25) is 10.0 Å². The molecule has 0 bridgehead atoms. The van der Waals surface area contributed by atoms with Crippen LogP contribution in [0.4, 0.5) is 0 Å². The molecule has 0 amide bonds. The minimum Gasteiger partial charge on any atom is -0.456 e. The Morgan fingerprint density at radius 1 is 1.19 bits per heavy atom. The van der Waals surface area contributed by atoms with Gasteiger partial charge in [-0.2, -0.15) is 10.4 Å². The van der Waals surface area contributed by atoms with Gasteiger partial charge in [-0.15, -0.1) is 0 Å². The number of H-pyrrole nitrogens is 1. The van der Waals surface area contributed by atoms with Crippen LogP contribution in [0, 0.1) is 18.3 Å². The van der Waals surface area contributed by atoms with Crippen molar-refractivity contribution in [3.8, 4) is 17.6 Å². The second kappa shape index (κ2) is 7.61. The molecule has 1 aromatic heterocycles. The summed E-state index contributed by atoms with van der Waals surface area (Å²) in [6, 6.07) is 13.9. The first kappa shape index (κ1) is 18.0. The highest BCUT2D eigenvalue weighted by molar-refractivity contribution is 6.32. The molecule has 0 saturated heterocycles. The standard InChI is InChI=1S/C19H13Cl2N3O2/c1-11-4-15(23-24-19(11)25)6-12-2-3-17(21)18(8-12)26-16-7-13(10-22)5-14(20)9-16/h2-5,7-9H,6H2,1H3,(H,24,25). The number of rotatable bonds is 4. The highest BCUT2D eigenvalue weighted by Gasteiger charge is 2.09. The quantitative estimate of drug-likeness (QED) is 0.709. The molecule has 3 aromatic rings. The van der Waals surface area contributed by atoms with Crippen LogP contribution in [-0.4, -0.2) is 10.2 Å². The lowest BCUT2D eigenvalue weighted by molar-refractivity contribution is 0.482. The molecule has 5 nitrogen and oxygen atoms in total. The average molecular weight is 386 g/mol. The molecule has 0 aliphatic heterocycles. The number of hydrogen-bond donors (Lipinski definition) is 1. The molecule has 0 spiro atoms. The lowest BCUT2D eigenvalue weighted by Gasteiger charge is -2.10. The van der Waals surface area contributed by atoms with E-state index in [1.165, 1.54) is 0 Å². The summed E-state index contributed by atoms with van der Waals surface area (Å²) in [7, 11) is 0. The Morgan fingerprint density at radius 2 is 2.00 bits per heavy atom. The molecule has 0 aliphatic carbocycles. The molecular formula is C19H13Cl2N3O2. The van der Waals surface area contributed by atoms with Crippen molar-refractivity contribution in [1.29, 1.82) is 5.26 Å². The summed E-state index contributed by atoms with van der Waals surface area (Å²) in [6.45, 7) is 1.73. The second-order valence-electron chi connectivity index (χ2n) is 5.70. The molecule has 130 valence electrons. The first-order valence-electron chi connectivity index (χ1n) is 7.67. The fraction of sp³-hybridized carbons (Fsp3) is 0.105. The third-order valence-electron chi connectivity index (χ3n) is 3.65. The molecule has 3 rings (SSSR count). The van der Waals surface area contributed by atoms with Crippen LogP contribution >= 0.6 is 23.2 Å². The van der Waals surface area contributed by atoms with E-state index in [-0.39, 0.29) is 5.56 Å². The van der Waals surface area contributed by atoms with E-state index < -0.39 is 0 Å². The van der Waals surface area contributed by atoms with Gasteiger partial charge in [0.1, 0.15) is 11.5 Å². The summed E-state index contributed by atoms with van der Waals surface area (Å²) >= 11 is 12.2. The van der Waals surface area contributed by atoms with Gasteiger partial charge in [-0.05, 0) is 48.9 Å². The fourth-order valence-corrected chi connectivity index (χ4v) is 2.79. The molecule has 0 saturated carbocycles. The van der Waals surface area contributed by atoms with Gasteiger partial charge in [0.15, 0.2) is 0 Å². The maximum atomic E-state index is 11.4. The molecule has 0 fully saturated rings. The number of nitrogens with one attached hydrogen (secondary N) is 1. The van der Waals surface area contributed by atoms with Crippen molar-refractivity contribution in [2.24, 2.45) is 0 Å². The Bertz CT molecular complexity index is 1070. The fourth-order valence-electron chi connectivity index (χ4n) is 2.41. The van der Waals surface area contributed by atoms with Crippen molar-refractivity contribution >= 4 is 23.2 Å². The highest BCUT2D eigenvalue weighted by atomic mass is 35.5. The number of benzene rings is 2. The van der Waals surface area contributed by atoms with E-state index in [0.717, 1.165) is 11.3 Å². The second-order valence-corrected chi connectivity index (χ2v) is 6.55. The number of aromatic nitrogens is 2. The van der Waals surface area contributed by atoms with Gasteiger partial charge in [0.25, 0.3) is 5.56 Å². The summed E-state index contributed by atoms with van der Waals surface area (Å²) in [4.78, 5) is 11.4. The monoisotopic (exact) mass is 385 g/mol. The molecule has 1 N–H and O–H groups in total. The van der Waals surface area contributed by atoms with Crippen LogP contribution in [0.1, 0.15) is 22.4 Å². The van der Waals surface area contributed by atoms with Crippen LogP contribution in [-0.2, 0) is 6.42 Å². The molecule has 0 unspecified atom stereocenters. The van der Waals surface area contributed by atoms with Crippen molar-refractivity contribution < 1.29 is 4.74 Å². The van der Waals surface area contributed by atoms with Crippen LogP contribution in [0.5, 0.6) is 11.5 Å². The zero-order valence-electron chi connectivity index (χ0n) is 13.7. The average Bonchev–Trinajstić information content (AvgIpc) is 2.60. The van der Waals surface area contributed by atoms with Gasteiger partial charge in [0.2, 0.25) is 0 Å². The number of ether oxygens (including phenoxy) is 1. The summed E-state index contributed by atoms with van der Waals surface area (Å²) < 4.78 is 5.81. The molecular weight excluding hydrogens is 373 g/mol. The first-order valence-corrected chi connectivity index (χ1v) is 8.42. The number of aromatic amines is 1. The minimum atomic E-state index is -0.205. The van der Waals surface area contributed by atoms with Gasteiger partial charge in [-0.3, -0.25) is 4.79 Å². The topological polar surface area (TPSA) is 78.8 Å². The van der Waals surface area contributed by atoms with Crippen molar-refractivity contribution in [1.82, 2.24) is 10.2 Å². The molecule has 0 atom stereocenters. The van der Waals surface area contributed by atoms with Crippen molar-refractivity contribution in [3.63, 3.8) is 0 Å². The third-order valence-corrected chi connectivity index (χ3v) is 4.18. The molecule has 2 aromatic carbocycles. The largest absolute Gasteiger partial charge is 0.456 e. The zero-order chi connectivity index (χ0) is 18.7. The Morgan fingerprint density at radius 3 is 2.73 bits per heavy atom. The van der Waals surface area contributed by atoms with Gasteiger partial charge in [0.05, 0.1) is 22.3 Å². The number of nitrogens with zero attached hydrogens (tertiary/aromatic N) is 2. The van der Waals surface area contributed by atoms with Crippen LogP contribution < -0.4 is 10.3 Å². The summed E-state index contributed by atoms with van der Waals surface area (Å²) in [5, 5.41) is 16.4. The van der Waals surface area contributed by atoms with Crippen LogP contribution in [0.25, 0.3) is 0 Å². The molecule has 7 heteroatoms. The number of aryl methyl sites for hydroxylation is 1. The Hall–Kier alpha value is -2.81. The number of hydrogen-bond acceptors (Lipinski definition) is 4. The summed E-state index contributed by atoms with van der Waals surface area (Å²) in [5.41, 5.74) is 2.43. The van der Waals surface area contributed by atoms with Gasteiger partial charge in [-0.1, -0.05) is 29.3 Å². The Balaban J connectivity index is 1.88. The Labute approximate surface area is 159 Å². The first-order chi connectivity index (χ1) is 12.4. The van der Waals surface area contributed by atoms with E-state index in [0.29, 0.717) is 39.1 Å². The van der Waals surface area contributed by atoms with Crippen molar-refractivity contribution in [3.05, 3.63) is 85.2 Å². The van der Waals surface area contributed by atoms with E-state index in [1.54, 1.807) is 43.3 Å². The third kappa shape index (κ3) is 4.23. The maximum Gasteiger partial charge on any atom is 0.267 e. The predicted molar refractivity (Wildman–Crippen MR) is 100 cm³/mol.